The highest BCUT2D eigenvalue weighted by Gasteiger charge is 2.40. The minimum absolute atomic E-state index is 0.0613. The molecule has 1 aromatic carbocycles. The second kappa shape index (κ2) is 9.80. The molecule has 2 aliphatic carbocycles. The Balaban J connectivity index is 1.75. The van der Waals surface area contributed by atoms with Crippen LogP contribution in [-0.2, 0) is 14.3 Å². The van der Waals surface area contributed by atoms with Crippen molar-refractivity contribution in [3.63, 3.8) is 0 Å². The second-order valence-corrected chi connectivity index (χ2v) is 8.90. The Morgan fingerprint density at radius 3 is 2.38 bits per heavy atom. The maximum absolute atomic E-state index is 13.5. The molecule has 0 bridgehead atoms. The number of benzene rings is 1. The Hall–Kier alpha value is -2.76. The van der Waals surface area contributed by atoms with Crippen LogP contribution in [0.15, 0.2) is 40.7 Å². The van der Waals surface area contributed by atoms with E-state index in [4.69, 9.17) is 14.2 Å². The lowest BCUT2D eigenvalue weighted by Crippen LogP contribution is -2.35. The molecule has 6 heteroatoms. The van der Waals surface area contributed by atoms with Crippen LogP contribution in [-0.4, -0.2) is 32.1 Å². The minimum atomic E-state index is -0.475. The van der Waals surface area contributed by atoms with E-state index in [0.717, 1.165) is 55.5 Å². The fourth-order valence-corrected chi connectivity index (χ4v) is 5.19. The molecule has 3 aliphatic rings. The van der Waals surface area contributed by atoms with E-state index >= 15 is 0 Å². The van der Waals surface area contributed by atoms with Crippen molar-refractivity contribution in [1.82, 2.24) is 5.32 Å². The van der Waals surface area contributed by atoms with Crippen molar-refractivity contribution in [2.45, 2.75) is 76.7 Å². The van der Waals surface area contributed by atoms with Crippen LogP contribution < -0.4 is 14.8 Å². The van der Waals surface area contributed by atoms with Crippen LogP contribution in [0.1, 0.15) is 76.2 Å². The molecule has 4 rings (SSSR count). The van der Waals surface area contributed by atoms with Gasteiger partial charge in [0.15, 0.2) is 17.3 Å². The Morgan fingerprint density at radius 1 is 0.969 bits per heavy atom. The predicted octanol–water partition coefficient (Wildman–Crippen LogP) is 4.94. The van der Waals surface area contributed by atoms with E-state index in [0.29, 0.717) is 29.1 Å². The summed E-state index contributed by atoms with van der Waals surface area (Å²) in [6.07, 6.45) is 8.40. The van der Waals surface area contributed by atoms with Gasteiger partial charge in [0.25, 0.3) is 0 Å². The van der Waals surface area contributed by atoms with Gasteiger partial charge in [-0.25, -0.2) is 4.79 Å². The number of rotatable bonds is 5. The summed E-state index contributed by atoms with van der Waals surface area (Å²) in [5.74, 6) is 0.468. The number of esters is 1. The first-order valence-corrected chi connectivity index (χ1v) is 11.7. The molecule has 0 saturated heterocycles. The Morgan fingerprint density at radius 2 is 1.69 bits per heavy atom. The summed E-state index contributed by atoms with van der Waals surface area (Å²) >= 11 is 0. The summed E-state index contributed by atoms with van der Waals surface area (Å²) in [6, 6.07) is 5.61. The third-order valence-corrected chi connectivity index (χ3v) is 6.81. The van der Waals surface area contributed by atoms with Crippen molar-refractivity contribution < 1.29 is 23.8 Å². The molecular weight excluding hydrogens is 406 g/mol. The fourth-order valence-electron chi connectivity index (χ4n) is 5.19. The number of methoxy groups -OCH3 is 2. The molecule has 0 unspecified atom stereocenters. The molecule has 6 nitrogen and oxygen atoms in total. The highest BCUT2D eigenvalue weighted by molar-refractivity contribution is 6.03. The average Bonchev–Trinajstić information content (AvgIpc) is 3.06. The Bertz CT molecular complexity index is 953. The van der Waals surface area contributed by atoms with Crippen LogP contribution in [0.25, 0.3) is 0 Å². The van der Waals surface area contributed by atoms with Gasteiger partial charge in [-0.05, 0) is 63.1 Å². The van der Waals surface area contributed by atoms with E-state index in [1.807, 2.05) is 25.1 Å². The van der Waals surface area contributed by atoms with Gasteiger partial charge in [-0.2, -0.15) is 0 Å². The number of hydrogen-bond donors (Lipinski definition) is 1. The molecule has 1 N–H and O–H groups in total. The van der Waals surface area contributed by atoms with Crippen molar-refractivity contribution in [2.75, 3.05) is 14.2 Å². The van der Waals surface area contributed by atoms with Crippen LogP contribution in [0.4, 0.5) is 0 Å². The van der Waals surface area contributed by atoms with Gasteiger partial charge in [-0.15, -0.1) is 0 Å². The van der Waals surface area contributed by atoms with Crippen molar-refractivity contribution in [1.29, 1.82) is 0 Å². The molecule has 172 valence electrons. The van der Waals surface area contributed by atoms with E-state index in [2.05, 4.69) is 5.32 Å². The summed E-state index contributed by atoms with van der Waals surface area (Å²) in [4.78, 5) is 26.6. The second-order valence-electron chi connectivity index (χ2n) is 8.90. The van der Waals surface area contributed by atoms with Crippen LogP contribution in [0, 0.1) is 0 Å². The van der Waals surface area contributed by atoms with Gasteiger partial charge in [0.1, 0.15) is 6.10 Å². The Labute approximate surface area is 190 Å². The molecule has 0 spiro atoms. The van der Waals surface area contributed by atoms with Crippen molar-refractivity contribution >= 4 is 11.8 Å². The molecule has 1 heterocycles. The molecule has 0 aromatic heterocycles. The molecule has 1 aromatic rings. The normalized spacial score (nSPS) is 22.1. The standard InChI is InChI=1S/C26H33NO5/c1-16-23(26(29)32-18-9-6-4-5-7-10-18)24(25-19(27-16)11-8-12-20(25)28)17-13-14-21(30-2)22(15-17)31-3/h13-15,18,24,27H,4-12H2,1-3H3/t24-/m0/s1. The van der Waals surface area contributed by atoms with Crippen LogP contribution in [0.3, 0.4) is 0 Å². The van der Waals surface area contributed by atoms with Crippen LogP contribution in [0.5, 0.6) is 11.5 Å². The van der Waals surface area contributed by atoms with Crippen LogP contribution >= 0.6 is 0 Å². The fraction of sp³-hybridized carbons (Fsp3) is 0.538. The van der Waals surface area contributed by atoms with E-state index < -0.39 is 5.92 Å². The number of nitrogens with one attached hydrogen (secondary N) is 1. The third-order valence-electron chi connectivity index (χ3n) is 6.81. The summed E-state index contributed by atoms with van der Waals surface area (Å²) in [5.41, 5.74) is 3.72. The molecular formula is C26H33NO5. The first kappa shape index (κ1) is 22.4. The van der Waals surface area contributed by atoms with E-state index in [9.17, 15) is 9.59 Å². The SMILES string of the molecule is COc1ccc([C@H]2C(C(=O)OC3CCCCCC3)=C(C)NC3=C2C(=O)CCC3)cc1OC. The number of carbonyl (C=O) groups excluding carboxylic acids is 2. The first-order chi connectivity index (χ1) is 15.5. The number of hydrogen-bond acceptors (Lipinski definition) is 6. The van der Waals surface area contributed by atoms with Gasteiger partial charge in [0, 0.05) is 29.3 Å². The number of dihydropyridines is 1. The van der Waals surface area contributed by atoms with Crippen molar-refractivity contribution in [3.05, 3.63) is 46.3 Å². The molecule has 0 amide bonds. The van der Waals surface area contributed by atoms with E-state index in [1.54, 1.807) is 14.2 Å². The molecule has 1 fully saturated rings. The molecule has 0 radical (unpaired) electrons. The number of ether oxygens (including phenoxy) is 3. The minimum Gasteiger partial charge on any atom is -0.493 e. The number of Topliss-reactive ketones (excluding diaryl/α,β-unsaturated/α-hetero) is 1. The number of carbonyl (C=O) groups is 2. The highest BCUT2D eigenvalue weighted by Crippen LogP contribution is 2.44. The molecule has 1 atom stereocenters. The summed E-state index contributed by atoms with van der Waals surface area (Å²) in [5, 5.41) is 3.36. The summed E-state index contributed by atoms with van der Waals surface area (Å²) < 4.78 is 16.9. The molecule has 1 aliphatic heterocycles. The Kier molecular flexibility index (Phi) is 6.87. The van der Waals surface area contributed by atoms with Gasteiger partial charge < -0.3 is 19.5 Å². The van der Waals surface area contributed by atoms with E-state index in [-0.39, 0.29) is 17.9 Å². The van der Waals surface area contributed by atoms with Crippen molar-refractivity contribution in [3.8, 4) is 11.5 Å². The largest absolute Gasteiger partial charge is 0.493 e. The zero-order valence-electron chi connectivity index (χ0n) is 19.3. The van der Waals surface area contributed by atoms with Gasteiger partial charge in [-0.3, -0.25) is 4.79 Å². The average molecular weight is 440 g/mol. The van der Waals surface area contributed by atoms with Crippen LogP contribution in [0.2, 0.25) is 0 Å². The highest BCUT2D eigenvalue weighted by atomic mass is 16.5. The zero-order chi connectivity index (χ0) is 22.7. The number of ketones is 1. The predicted molar refractivity (Wildman–Crippen MR) is 122 cm³/mol. The maximum atomic E-state index is 13.5. The smallest absolute Gasteiger partial charge is 0.337 e. The quantitative estimate of drug-likeness (QED) is 0.518. The van der Waals surface area contributed by atoms with Gasteiger partial charge >= 0.3 is 5.97 Å². The monoisotopic (exact) mass is 439 g/mol. The van der Waals surface area contributed by atoms with E-state index in [1.165, 1.54) is 12.8 Å². The lowest BCUT2D eigenvalue weighted by Gasteiger charge is -2.34. The summed E-state index contributed by atoms with van der Waals surface area (Å²) in [7, 11) is 3.18. The first-order valence-electron chi connectivity index (χ1n) is 11.7. The van der Waals surface area contributed by atoms with Gasteiger partial charge in [-0.1, -0.05) is 18.9 Å². The third kappa shape index (κ3) is 4.41. The zero-order valence-corrected chi connectivity index (χ0v) is 19.3. The lowest BCUT2D eigenvalue weighted by molar-refractivity contribution is -0.145. The molecule has 1 saturated carbocycles. The topological polar surface area (TPSA) is 73.9 Å². The van der Waals surface area contributed by atoms with Gasteiger partial charge in [0.2, 0.25) is 0 Å². The van der Waals surface area contributed by atoms with Crippen molar-refractivity contribution in [2.24, 2.45) is 0 Å². The maximum Gasteiger partial charge on any atom is 0.337 e. The van der Waals surface area contributed by atoms with Gasteiger partial charge in [0.05, 0.1) is 19.8 Å². The summed E-state index contributed by atoms with van der Waals surface area (Å²) in [6.45, 7) is 1.90. The molecule has 32 heavy (non-hydrogen) atoms. The lowest BCUT2D eigenvalue weighted by atomic mass is 9.75. The number of allylic oxidation sites excluding steroid dienone is 3.